The number of hydrogen-bond donors (Lipinski definition) is 1. The molecule has 162 valence electrons. The Balaban J connectivity index is 1.37. The third-order valence-electron chi connectivity index (χ3n) is 6.68. The van der Waals surface area contributed by atoms with Crippen molar-refractivity contribution in [2.24, 2.45) is 11.8 Å². The molecule has 1 saturated heterocycles. The standard InChI is InChI=1S/C24H21F2N5O/c1-13-8-15(16-10-29-30(11-16)24(25)26)4-6-18(13)22-21(14-2-3-14)23(32)31(22)17-5-7-19-20(9-17)28-12-27-19/h4-12,14,21-22,24H,2-3H2,1H3,(H,27,28)/t21-,22+/m1/s1. The Labute approximate surface area is 182 Å². The summed E-state index contributed by atoms with van der Waals surface area (Å²) in [5.41, 5.74) is 6.20. The van der Waals surface area contributed by atoms with E-state index in [2.05, 4.69) is 15.1 Å². The second-order valence-corrected chi connectivity index (χ2v) is 8.68. The van der Waals surface area contributed by atoms with Crippen molar-refractivity contribution in [2.75, 3.05) is 4.90 Å². The smallest absolute Gasteiger partial charge is 0.333 e. The predicted molar refractivity (Wildman–Crippen MR) is 116 cm³/mol. The van der Waals surface area contributed by atoms with Crippen LogP contribution in [0.3, 0.4) is 0 Å². The number of hydrogen-bond acceptors (Lipinski definition) is 3. The second-order valence-electron chi connectivity index (χ2n) is 8.68. The quantitative estimate of drug-likeness (QED) is 0.438. The summed E-state index contributed by atoms with van der Waals surface area (Å²) in [7, 11) is 0. The highest BCUT2D eigenvalue weighted by atomic mass is 19.3. The summed E-state index contributed by atoms with van der Waals surface area (Å²) in [4.78, 5) is 22.5. The number of anilines is 1. The summed E-state index contributed by atoms with van der Waals surface area (Å²) < 4.78 is 26.4. The summed E-state index contributed by atoms with van der Waals surface area (Å²) in [6.45, 7) is -0.650. The molecule has 0 bridgehead atoms. The number of β-lactam (4-membered cyclic amide) rings is 1. The number of rotatable bonds is 5. The first kappa shape index (κ1) is 19.2. The fraction of sp³-hybridized carbons (Fsp3) is 0.292. The molecular weight excluding hydrogens is 412 g/mol. The largest absolute Gasteiger partial charge is 0.345 e. The van der Waals surface area contributed by atoms with Gasteiger partial charge in [0.05, 0.1) is 35.5 Å². The summed E-state index contributed by atoms with van der Waals surface area (Å²) >= 11 is 0. The molecule has 2 aromatic heterocycles. The Bertz CT molecular complexity index is 1340. The third kappa shape index (κ3) is 2.93. The third-order valence-corrected chi connectivity index (χ3v) is 6.68. The lowest BCUT2D eigenvalue weighted by Gasteiger charge is -2.48. The average molecular weight is 433 g/mol. The van der Waals surface area contributed by atoms with Crippen molar-refractivity contribution in [1.29, 1.82) is 0 Å². The number of nitrogens with one attached hydrogen (secondary N) is 1. The van der Waals surface area contributed by atoms with E-state index in [1.807, 2.05) is 48.2 Å². The van der Waals surface area contributed by atoms with E-state index in [1.165, 1.54) is 12.4 Å². The van der Waals surface area contributed by atoms with Gasteiger partial charge in [-0.25, -0.2) is 9.67 Å². The number of halogens is 2. The van der Waals surface area contributed by atoms with Crippen LogP contribution in [0.1, 0.15) is 36.6 Å². The van der Waals surface area contributed by atoms with E-state index < -0.39 is 6.55 Å². The molecule has 2 aromatic carbocycles. The number of imidazole rings is 1. The number of fused-ring (bicyclic) bond motifs is 1. The van der Waals surface area contributed by atoms with Gasteiger partial charge >= 0.3 is 6.55 Å². The highest BCUT2D eigenvalue weighted by molar-refractivity contribution is 6.04. The fourth-order valence-corrected chi connectivity index (χ4v) is 4.90. The minimum Gasteiger partial charge on any atom is -0.345 e. The molecule has 3 heterocycles. The van der Waals surface area contributed by atoms with Gasteiger partial charge in [0.2, 0.25) is 5.91 Å². The van der Waals surface area contributed by atoms with Crippen LogP contribution in [-0.4, -0.2) is 25.7 Å². The molecule has 2 aliphatic rings. The van der Waals surface area contributed by atoms with Crippen LogP contribution in [0.15, 0.2) is 55.1 Å². The number of aryl methyl sites for hydroxylation is 1. The predicted octanol–water partition coefficient (Wildman–Crippen LogP) is 5.24. The van der Waals surface area contributed by atoms with Crippen LogP contribution in [0, 0.1) is 18.8 Å². The van der Waals surface area contributed by atoms with Crippen molar-refractivity contribution >= 4 is 22.6 Å². The Hall–Kier alpha value is -3.55. The van der Waals surface area contributed by atoms with E-state index in [0.717, 1.165) is 46.3 Å². The topological polar surface area (TPSA) is 66.8 Å². The van der Waals surface area contributed by atoms with Gasteiger partial charge in [0.15, 0.2) is 0 Å². The summed E-state index contributed by atoms with van der Waals surface area (Å²) in [5, 5.41) is 3.74. The lowest BCUT2D eigenvalue weighted by molar-refractivity contribution is -0.131. The van der Waals surface area contributed by atoms with Crippen molar-refractivity contribution in [3.8, 4) is 11.1 Å². The van der Waals surface area contributed by atoms with Crippen molar-refractivity contribution in [2.45, 2.75) is 32.4 Å². The normalized spacial score (nSPS) is 20.9. The molecule has 1 amide bonds. The number of carbonyl (C=O) groups is 1. The maximum atomic E-state index is 13.2. The zero-order valence-electron chi connectivity index (χ0n) is 17.4. The average Bonchev–Trinajstić information content (AvgIpc) is 3.26. The molecule has 0 spiro atoms. The molecule has 8 heteroatoms. The molecule has 4 aromatic rings. The number of aromatic nitrogens is 4. The van der Waals surface area contributed by atoms with E-state index in [0.29, 0.717) is 16.2 Å². The van der Waals surface area contributed by atoms with Gasteiger partial charge in [-0.1, -0.05) is 18.2 Å². The Kier molecular flexibility index (Phi) is 4.18. The number of benzene rings is 2. The molecule has 6 nitrogen and oxygen atoms in total. The minimum absolute atomic E-state index is 0.0176. The number of carbonyl (C=O) groups excluding carboxylic acids is 1. The summed E-state index contributed by atoms with van der Waals surface area (Å²) in [6, 6.07) is 11.8. The Morgan fingerprint density at radius 3 is 2.69 bits per heavy atom. The van der Waals surface area contributed by atoms with Gasteiger partial charge in [-0.3, -0.25) is 4.79 Å². The van der Waals surface area contributed by atoms with Crippen LogP contribution in [0.4, 0.5) is 14.5 Å². The lowest BCUT2D eigenvalue weighted by Crippen LogP contribution is -2.56. The maximum Gasteiger partial charge on any atom is 0.333 e. The molecule has 1 aliphatic carbocycles. The van der Waals surface area contributed by atoms with E-state index in [9.17, 15) is 13.6 Å². The number of amides is 1. The van der Waals surface area contributed by atoms with Crippen LogP contribution in [-0.2, 0) is 4.79 Å². The van der Waals surface area contributed by atoms with Gasteiger partial charge in [-0.15, -0.1) is 0 Å². The highest BCUT2D eigenvalue weighted by Gasteiger charge is 2.55. The second kappa shape index (κ2) is 6.98. The monoisotopic (exact) mass is 433 g/mol. The first-order valence-electron chi connectivity index (χ1n) is 10.7. The molecule has 1 saturated carbocycles. The van der Waals surface area contributed by atoms with Crippen molar-refractivity contribution in [3.05, 3.63) is 66.2 Å². The Morgan fingerprint density at radius 1 is 1.12 bits per heavy atom. The van der Waals surface area contributed by atoms with Crippen LogP contribution in [0.25, 0.3) is 22.2 Å². The number of alkyl halides is 2. The van der Waals surface area contributed by atoms with E-state index in [-0.39, 0.29) is 17.9 Å². The molecule has 6 rings (SSSR count). The minimum atomic E-state index is -2.66. The molecule has 1 aliphatic heterocycles. The van der Waals surface area contributed by atoms with E-state index >= 15 is 0 Å². The van der Waals surface area contributed by atoms with Gasteiger partial charge in [0, 0.05) is 17.4 Å². The van der Waals surface area contributed by atoms with E-state index in [1.54, 1.807) is 6.33 Å². The van der Waals surface area contributed by atoms with Gasteiger partial charge < -0.3 is 9.88 Å². The zero-order chi connectivity index (χ0) is 22.0. The first-order chi connectivity index (χ1) is 15.5. The number of nitrogens with zero attached hydrogens (tertiary/aromatic N) is 4. The van der Waals surface area contributed by atoms with Crippen LogP contribution in [0.2, 0.25) is 0 Å². The van der Waals surface area contributed by atoms with Gasteiger partial charge in [0.25, 0.3) is 0 Å². The van der Waals surface area contributed by atoms with E-state index in [4.69, 9.17) is 0 Å². The molecule has 1 N–H and O–H groups in total. The van der Waals surface area contributed by atoms with Gasteiger partial charge in [-0.2, -0.15) is 13.9 Å². The molecule has 0 unspecified atom stereocenters. The fourth-order valence-electron chi connectivity index (χ4n) is 4.90. The molecule has 32 heavy (non-hydrogen) atoms. The zero-order valence-corrected chi connectivity index (χ0v) is 17.4. The van der Waals surface area contributed by atoms with Crippen molar-refractivity contribution < 1.29 is 13.6 Å². The van der Waals surface area contributed by atoms with Crippen molar-refractivity contribution in [1.82, 2.24) is 19.7 Å². The number of H-pyrrole nitrogens is 1. The Morgan fingerprint density at radius 2 is 1.97 bits per heavy atom. The maximum absolute atomic E-state index is 13.2. The molecule has 2 fully saturated rings. The summed E-state index contributed by atoms with van der Waals surface area (Å²) in [6.07, 6.45) is 6.62. The lowest BCUT2D eigenvalue weighted by atomic mass is 9.77. The SMILES string of the molecule is Cc1cc(-c2cnn(C(F)F)c2)ccc1[C@H]1[C@@H](C2CC2)C(=O)N1c1ccc2[nH]cnc2c1. The van der Waals surface area contributed by atoms with Gasteiger partial charge in [0.1, 0.15) is 0 Å². The van der Waals surface area contributed by atoms with Gasteiger partial charge in [-0.05, 0) is 60.6 Å². The number of aromatic amines is 1. The molecular formula is C24H21F2N5O. The van der Waals surface area contributed by atoms with Crippen LogP contribution < -0.4 is 4.90 Å². The van der Waals surface area contributed by atoms with Crippen molar-refractivity contribution in [3.63, 3.8) is 0 Å². The molecule has 0 radical (unpaired) electrons. The highest BCUT2D eigenvalue weighted by Crippen LogP contribution is 2.54. The molecule has 2 atom stereocenters. The summed E-state index contributed by atoms with van der Waals surface area (Å²) in [5.74, 6) is 0.575. The van der Waals surface area contributed by atoms with Crippen LogP contribution >= 0.6 is 0 Å². The first-order valence-corrected chi connectivity index (χ1v) is 10.7. The van der Waals surface area contributed by atoms with Crippen LogP contribution in [0.5, 0.6) is 0 Å².